The summed E-state index contributed by atoms with van der Waals surface area (Å²) in [6, 6.07) is 23.4. The molecule has 0 bridgehead atoms. The van der Waals surface area contributed by atoms with Crippen LogP contribution >= 0.6 is 11.8 Å². The number of amides is 1. The fraction of sp³-hybridized carbons (Fsp3) is 0.160. The number of ether oxygens (including phenoxy) is 1. The molecule has 0 radical (unpaired) electrons. The molecule has 0 aliphatic heterocycles. The minimum absolute atomic E-state index is 0.0681. The second-order valence-electron chi connectivity index (χ2n) is 7.32. The van der Waals surface area contributed by atoms with Gasteiger partial charge in [-0.3, -0.25) is 9.89 Å². The summed E-state index contributed by atoms with van der Waals surface area (Å²) in [4.78, 5) is 17.3. The van der Waals surface area contributed by atoms with Gasteiger partial charge in [0, 0.05) is 23.8 Å². The number of hydrogen-bond acceptors (Lipinski definition) is 5. The number of nitrogens with zero attached hydrogens (tertiary/aromatic N) is 2. The van der Waals surface area contributed by atoms with E-state index in [1.165, 1.54) is 23.9 Å². The van der Waals surface area contributed by atoms with Gasteiger partial charge in [-0.2, -0.15) is 0 Å². The van der Waals surface area contributed by atoms with Crippen LogP contribution in [-0.2, 0) is 11.3 Å². The lowest BCUT2D eigenvalue weighted by Gasteiger charge is -2.16. The Hall–Kier alpha value is -3.65. The summed E-state index contributed by atoms with van der Waals surface area (Å²) >= 11 is 1.39. The smallest absolute Gasteiger partial charge is 0.221 e. The maximum atomic E-state index is 13.2. The molecule has 0 spiro atoms. The molecule has 0 aliphatic carbocycles. The largest absolute Gasteiger partial charge is 0.497 e. The van der Waals surface area contributed by atoms with Crippen molar-refractivity contribution in [2.45, 2.75) is 23.4 Å². The first-order valence-electron chi connectivity index (χ1n) is 10.4. The van der Waals surface area contributed by atoms with E-state index in [2.05, 4.69) is 20.5 Å². The molecule has 4 rings (SSSR count). The van der Waals surface area contributed by atoms with Gasteiger partial charge in [0.15, 0.2) is 5.82 Å². The van der Waals surface area contributed by atoms with E-state index in [0.717, 1.165) is 22.4 Å². The second-order valence-corrected chi connectivity index (χ2v) is 8.49. The van der Waals surface area contributed by atoms with Crippen LogP contribution in [0.3, 0.4) is 0 Å². The number of nitrogens with one attached hydrogen (secondary N) is 2. The normalized spacial score (nSPS) is 11.7. The van der Waals surface area contributed by atoms with Gasteiger partial charge in [-0.25, -0.2) is 9.37 Å². The zero-order valence-electron chi connectivity index (χ0n) is 18.0. The lowest BCUT2D eigenvalue weighted by atomic mass is 10.1. The standard InChI is InChI=1S/C25H23FN4O2S/c1-32-21-13-9-18(10-14-21)22(15-23(31)27-16-17-5-3-2-4-6-17)33-25-28-24(29-30-25)19-7-11-20(26)12-8-19/h2-14,22H,15-16H2,1H3,(H,27,31)(H,28,29,30)/t22-/m0/s1. The van der Waals surface area contributed by atoms with E-state index in [1.807, 2.05) is 54.6 Å². The highest BCUT2D eigenvalue weighted by Gasteiger charge is 2.20. The Morgan fingerprint density at radius 3 is 2.48 bits per heavy atom. The molecule has 1 aromatic heterocycles. The molecule has 4 aromatic rings. The number of halogens is 1. The molecule has 0 saturated carbocycles. The Morgan fingerprint density at radius 1 is 1.06 bits per heavy atom. The molecule has 0 fully saturated rings. The first kappa shape index (κ1) is 22.5. The Morgan fingerprint density at radius 2 is 1.79 bits per heavy atom. The fourth-order valence-corrected chi connectivity index (χ4v) is 4.27. The summed E-state index contributed by atoms with van der Waals surface area (Å²) in [7, 11) is 1.61. The van der Waals surface area contributed by atoms with Crippen molar-refractivity contribution in [3.05, 3.63) is 95.8 Å². The van der Waals surface area contributed by atoms with Crippen molar-refractivity contribution in [3.8, 4) is 17.1 Å². The van der Waals surface area contributed by atoms with E-state index in [4.69, 9.17) is 4.74 Å². The number of carbonyl (C=O) groups is 1. The number of aromatic nitrogens is 3. The van der Waals surface area contributed by atoms with Crippen molar-refractivity contribution < 1.29 is 13.9 Å². The molecule has 1 heterocycles. The molecule has 0 saturated heterocycles. The highest BCUT2D eigenvalue weighted by molar-refractivity contribution is 7.99. The SMILES string of the molecule is COc1ccc([C@H](CC(=O)NCc2ccccc2)Sc2n[nH]c(-c3ccc(F)cc3)n2)cc1. The number of methoxy groups -OCH3 is 1. The third kappa shape index (κ3) is 6.20. The average molecular weight is 463 g/mol. The molecule has 1 atom stereocenters. The third-order valence-corrected chi connectivity index (χ3v) is 6.14. The Labute approximate surface area is 195 Å². The van der Waals surface area contributed by atoms with Gasteiger partial charge in [0.25, 0.3) is 0 Å². The summed E-state index contributed by atoms with van der Waals surface area (Å²) in [6.45, 7) is 0.467. The Balaban J connectivity index is 1.48. The number of carbonyl (C=O) groups excluding carboxylic acids is 1. The minimum Gasteiger partial charge on any atom is -0.497 e. The first-order chi connectivity index (χ1) is 16.1. The third-order valence-electron chi connectivity index (χ3n) is 5.02. The van der Waals surface area contributed by atoms with Crippen molar-refractivity contribution in [2.75, 3.05) is 7.11 Å². The molecule has 33 heavy (non-hydrogen) atoms. The molecule has 168 valence electrons. The molecule has 0 unspecified atom stereocenters. The van der Waals surface area contributed by atoms with E-state index in [9.17, 15) is 9.18 Å². The number of rotatable bonds is 9. The zero-order valence-corrected chi connectivity index (χ0v) is 18.8. The van der Waals surface area contributed by atoms with Crippen molar-refractivity contribution in [3.63, 3.8) is 0 Å². The first-order valence-corrected chi connectivity index (χ1v) is 11.3. The van der Waals surface area contributed by atoms with E-state index >= 15 is 0 Å². The number of aromatic amines is 1. The van der Waals surface area contributed by atoms with Gasteiger partial charge in [0.05, 0.1) is 7.11 Å². The highest BCUT2D eigenvalue weighted by atomic mass is 32.2. The average Bonchev–Trinajstić information content (AvgIpc) is 3.32. The second kappa shape index (κ2) is 10.8. The van der Waals surface area contributed by atoms with Crippen LogP contribution in [0, 0.1) is 5.82 Å². The van der Waals surface area contributed by atoms with Crippen molar-refractivity contribution in [1.82, 2.24) is 20.5 Å². The molecule has 8 heteroatoms. The topological polar surface area (TPSA) is 79.9 Å². The molecule has 2 N–H and O–H groups in total. The van der Waals surface area contributed by atoms with E-state index in [-0.39, 0.29) is 23.4 Å². The molecular formula is C25H23FN4O2S. The van der Waals surface area contributed by atoms with Gasteiger partial charge in [0.1, 0.15) is 11.6 Å². The Kier molecular flexibility index (Phi) is 7.36. The maximum Gasteiger partial charge on any atom is 0.221 e. The van der Waals surface area contributed by atoms with E-state index < -0.39 is 0 Å². The minimum atomic E-state index is -0.311. The maximum absolute atomic E-state index is 13.2. The lowest BCUT2D eigenvalue weighted by molar-refractivity contribution is -0.121. The van der Waals surface area contributed by atoms with Gasteiger partial charge < -0.3 is 10.1 Å². The van der Waals surface area contributed by atoms with Crippen LogP contribution in [0.4, 0.5) is 4.39 Å². The van der Waals surface area contributed by atoms with Crippen LogP contribution < -0.4 is 10.1 Å². The van der Waals surface area contributed by atoms with Crippen molar-refractivity contribution in [1.29, 1.82) is 0 Å². The van der Waals surface area contributed by atoms with Gasteiger partial charge in [-0.1, -0.05) is 54.2 Å². The van der Waals surface area contributed by atoms with Crippen LogP contribution in [0.25, 0.3) is 11.4 Å². The van der Waals surface area contributed by atoms with E-state index in [0.29, 0.717) is 17.5 Å². The van der Waals surface area contributed by atoms with Crippen LogP contribution in [0.15, 0.2) is 84.0 Å². The van der Waals surface area contributed by atoms with Gasteiger partial charge >= 0.3 is 0 Å². The predicted molar refractivity (Wildman–Crippen MR) is 126 cm³/mol. The molecule has 6 nitrogen and oxygen atoms in total. The van der Waals surface area contributed by atoms with Crippen LogP contribution in [0.1, 0.15) is 22.8 Å². The predicted octanol–water partition coefficient (Wildman–Crippen LogP) is 5.16. The van der Waals surface area contributed by atoms with Crippen LogP contribution in [0.5, 0.6) is 5.75 Å². The van der Waals surface area contributed by atoms with Gasteiger partial charge in [0.2, 0.25) is 11.1 Å². The lowest BCUT2D eigenvalue weighted by Crippen LogP contribution is -2.24. The van der Waals surface area contributed by atoms with Gasteiger partial charge in [-0.05, 0) is 47.5 Å². The number of H-pyrrole nitrogens is 1. The summed E-state index contributed by atoms with van der Waals surface area (Å²) in [5.74, 6) is 0.905. The molecule has 3 aromatic carbocycles. The van der Waals surface area contributed by atoms with Crippen molar-refractivity contribution in [2.24, 2.45) is 0 Å². The highest BCUT2D eigenvalue weighted by Crippen LogP contribution is 2.37. The summed E-state index contributed by atoms with van der Waals surface area (Å²) in [5, 5.41) is 10.5. The summed E-state index contributed by atoms with van der Waals surface area (Å²) in [5.41, 5.74) is 2.73. The van der Waals surface area contributed by atoms with Crippen LogP contribution in [0.2, 0.25) is 0 Å². The molecule has 1 amide bonds. The molecule has 0 aliphatic rings. The number of thioether (sulfide) groups is 1. The van der Waals surface area contributed by atoms with Crippen LogP contribution in [-0.4, -0.2) is 28.2 Å². The summed E-state index contributed by atoms with van der Waals surface area (Å²) in [6.07, 6.45) is 0.254. The van der Waals surface area contributed by atoms with Crippen molar-refractivity contribution >= 4 is 17.7 Å². The summed E-state index contributed by atoms with van der Waals surface area (Å²) < 4.78 is 18.5. The monoisotopic (exact) mass is 462 g/mol. The zero-order chi connectivity index (χ0) is 23.0. The quantitative estimate of drug-likeness (QED) is 0.336. The Bertz CT molecular complexity index is 1180. The number of benzene rings is 3. The fourth-order valence-electron chi connectivity index (χ4n) is 3.25. The number of hydrogen-bond donors (Lipinski definition) is 2. The van der Waals surface area contributed by atoms with Gasteiger partial charge in [-0.15, -0.1) is 5.10 Å². The molecular weight excluding hydrogens is 439 g/mol. The van der Waals surface area contributed by atoms with E-state index in [1.54, 1.807) is 19.2 Å².